The van der Waals surface area contributed by atoms with Gasteiger partial charge in [0, 0.05) is 12.0 Å². The highest BCUT2D eigenvalue weighted by Crippen LogP contribution is 2.19. The van der Waals surface area contributed by atoms with Crippen molar-refractivity contribution in [3.05, 3.63) is 29.6 Å². The molecule has 0 aromatic heterocycles. The second-order valence-electron chi connectivity index (χ2n) is 3.79. The monoisotopic (exact) mass is 236 g/mol. The largest absolute Gasteiger partial charge is 0.490 e. The van der Waals surface area contributed by atoms with Crippen LogP contribution < -0.4 is 4.74 Å². The number of ether oxygens (including phenoxy) is 1. The van der Waals surface area contributed by atoms with E-state index in [0.717, 1.165) is 6.42 Å². The van der Waals surface area contributed by atoms with Gasteiger partial charge < -0.3 is 9.84 Å². The Balaban J connectivity index is 2.92. The third-order valence-electron chi connectivity index (χ3n) is 2.36. The third kappa shape index (κ3) is 4.46. The molecule has 0 saturated heterocycles. The molecule has 92 valence electrons. The zero-order valence-electron chi connectivity index (χ0n) is 10.2. The molecule has 0 aliphatic rings. The first-order valence-electron chi connectivity index (χ1n) is 5.72. The lowest BCUT2D eigenvalue weighted by atomic mass is 10.1. The van der Waals surface area contributed by atoms with E-state index in [4.69, 9.17) is 9.84 Å². The number of halogens is 1. The van der Waals surface area contributed by atoms with Crippen LogP contribution in [0.2, 0.25) is 0 Å². The maximum Gasteiger partial charge on any atom is 0.137 e. The van der Waals surface area contributed by atoms with E-state index in [1.807, 2.05) is 6.92 Å². The minimum atomic E-state index is -0.368. The van der Waals surface area contributed by atoms with E-state index in [0.29, 0.717) is 17.2 Å². The molecule has 0 fully saturated rings. The van der Waals surface area contributed by atoms with Gasteiger partial charge in [0.1, 0.15) is 18.2 Å². The normalized spacial score (nSPS) is 11.5. The Hall–Kier alpha value is -1.53. The zero-order chi connectivity index (χ0) is 12.7. The van der Waals surface area contributed by atoms with Gasteiger partial charge in [-0.1, -0.05) is 25.7 Å². The summed E-state index contributed by atoms with van der Waals surface area (Å²) in [4.78, 5) is 0. The SMILES string of the molecule is CCC(C)C#Cc1ccc(F)cc1OCCO. The molecule has 0 radical (unpaired) electrons. The van der Waals surface area contributed by atoms with Gasteiger partial charge in [-0.3, -0.25) is 0 Å². The van der Waals surface area contributed by atoms with Crippen LogP contribution >= 0.6 is 0 Å². The zero-order valence-corrected chi connectivity index (χ0v) is 10.2. The first-order valence-corrected chi connectivity index (χ1v) is 5.72. The quantitative estimate of drug-likeness (QED) is 0.814. The highest BCUT2D eigenvalue weighted by molar-refractivity contribution is 5.46. The lowest BCUT2D eigenvalue weighted by Crippen LogP contribution is -2.03. The molecule has 0 heterocycles. The molecule has 1 atom stereocenters. The van der Waals surface area contributed by atoms with Crippen LogP contribution in [0.25, 0.3) is 0 Å². The van der Waals surface area contributed by atoms with Crippen LogP contribution in [0.3, 0.4) is 0 Å². The fraction of sp³-hybridized carbons (Fsp3) is 0.429. The first kappa shape index (κ1) is 13.5. The molecule has 0 bridgehead atoms. The van der Waals surface area contributed by atoms with Crippen molar-refractivity contribution in [2.24, 2.45) is 5.92 Å². The van der Waals surface area contributed by atoms with Crippen molar-refractivity contribution in [2.45, 2.75) is 20.3 Å². The molecule has 17 heavy (non-hydrogen) atoms. The average molecular weight is 236 g/mol. The minimum absolute atomic E-state index is 0.102. The van der Waals surface area contributed by atoms with Crippen molar-refractivity contribution in [1.82, 2.24) is 0 Å². The second kappa shape index (κ2) is 6.93. The molecule has 0 saturated carbocycles. The van der Waals surface area contributed by atoms with Gasteiger partial charge in [0.05, 0.1) is 12.2 Å². The molecule has 1 aromatic rings. The Morgan fingerprint density at radius 1 is 1.47 bits per heavy atom. The summed E-state index contributed by atoms with van der Waals surface area (Å²) in [5.41, 5.74) is 0.653. The minimum Gasteiger partial charge on any atom is -0.490 e. The molecule has 0 spiro atoms. The van der Waals surface area contributed by atoms with Crippen LogP contribution in [-0.2, 0) is 0 Å². The number of hydrogen-bond donors (Lipinski definition) is 1. The number of rotatable bonds is 4. The highest BCUT2D eigenvalue weighted by atomic mass is 19.1. The Kier molecular flexibility index (Phi) is 5.51. The fourth-order valence-corrected chi connectivity index (χ4v) is 1.18. The fourth-order valence-electron chi connectivity index (χ4n) is 1.18. The van der Waals surface area contributed by atoms with Crippen LogP contribution in [0.15, 0.2) is 18.2 Å². The van der Waals surface area contributed by atoms with Gasteiger partial charge in [-0.25, -0.2) is 4.39 Å². The van der Waals surface area contributed by atoms with Crippen LogP contribution in [0.4, 0.5) is 4.39 Å². The van der Waals surface area contributed by atoms with Gasteiger partial charge in [-0.05, 0) is 18.6 Å². The van der Waals surface area contributed by atoms with Gasteiger partial charge in [-0.15, -0.1) is 0 Å². The summed E-state index contributed by atoms with van der Waals surface area (Å²) < 4.78 is 18.3. The Bertz CT molecular complexity index is 418. The average Bonchev–Trinajstić information content (AvgIpc) is 2.34. The molecule has 0 amide bonds. The smallest absolute Gasteiger partial charge is 0.137 e. The summed E-state index contributed by atoms with van der Waals surface area (Å²) in [6.07, 6.45) is 0.973. The van der Waals surface area contributed by atoms with E-state index in [1.165, 1.54) is 12.1 Å². The Morgan fingerprint density at radius 3 is 2.88 bits per heavy atom. The predicted molar refractivity (Wildman–Crippen MR) is 65.3 cm³/mol. The molecular weight excluding hydrogens is 219 g/mol. The van der Waals surface area contributed by atoms with E-state index >= 15 is 0 Å². The molecule has 0 aliphatic carbocycles. The summed E-state index contributed by atoms with van der Waals surface area (Å²) in [5.74, 6) is 6.36. The van der Waals surface area contributed by atoms with Crippen molar-refractivity contribution >= 4 is 0 Å². The number of aliphatic hydroxyl groups is 1. The van der Waals surface area contributed by atoms with Gasteiger partial charge in [0.25, 0.3) is 0 Å². The van der Waals surface area contributed by atoms with Gasteiger partial charge in [0.15, 0.2) is 0 Å². The van der Waals surface area contributed by atoms with Crippen LogP contribution in [0.1, 0.15) is 25.8 Å². The third-order valence-corrected chi connectivity index (χ3v) is 2.36. The molecule has 1 rings (SSSR count). The summed E-state index contributed by atoms with van der Waals surface area (Å²) in [6, 6.07) is 4.24. The lowest BCUT2D eigenvalue weighted by Gasteiger charge is -2.06. The highest BCUT2D eigenvalue weighted by Gasteiger charge is 2.03. The van der Waals surface area contributed by atoms with E-state index < -0.39 is 0 Å². The van der Waals surface area contributed by atoms with Crippen molar-refractivity contribution in [1.29, 1.82) is 0 Å². The summed E-state index contributed by atoms with van der Waals surface area (Å²) in [6.45, 7) is 4.13. The molecular formula is C14H17FO2. The van der Waals surface area contributed by atoms with Crippen molar-refractivity contribution in [2.75, 3.05) is 13.2 Å². The topological polar surface area (TPSA) is 29.5 Å². The maximum atomic E-state index is 13.0. The summed E-state index contributed by atoms with van der Waals surface area (Å²) in [7, 11) is 0. The predicted octanol–water partition coefficient (Wildman–Crippen LogP) is 2.59. The van der Waals surface area contributed by atoms with E-state index in [1.54, 1.807) is 6.07 Å². The molecule has 1 unspecified atom stereocenters. The van der Waals surface area contributed by atoms with E-state index in [9.17, 15) is 4.39 Å². The molecule has 1 N–H and O–H groups in total. The van der Waals surface area contributed by atoms with Gasteiger partial charge in [-0.2, -0.15) is 0 Å². The number of benzene rings is 1. The molecule has 1 aromatic carbocycles. The Morgan fingerprint density at radius 2 is 2.24 bits per heavy atom. The lowest BCUT2D eigenvalue weighted by molar-refractivity contribution is 0.200. The first-order chi connectivity index (χ1) is 8.17. The van der Waals surface area contributed by atoms with E-state index in [2.05, 4.69) is 18.8 Å². The number of hydrogen-bond acceptors (Lipinski definition) is 2. The van der Waals surface area contributed by atoms with Crippen LogP contribution in [0, 0.1) is 23.6 Å². The second-order valence-corrected chi connectivity index (χ2v) is 3.79. The maximum absolute atomic E-state index is 13.0. The number of aliphatic hydroxyl groups excluding tert-OH is 1. The van der Waals surface area contributed by atoms with E-state index in [-0.39, 0.29) is 19.0 Å². The van der Waals surface area contributed by atoms with Gasteiger partial charge in [0.2, 0.25) is 0 Å². The summed E-state index contributed by atoms with van der Waals surface area (Å²) >= 11 is 0. The summed E-state index contributed by atoms with van der Waals surface area (Å²) in [5, 5.41) is 8.69. The van der Waals surface area contributed by atoms with Crippen molar-refractivity contribution < 1.29 is 14.2 Å². The molecule has 2 nitrogen and oxygen atoms in total. The standard InChI is InChI=1S/C14H17FO2/c1-3-11(2)4-5-12-6-7-13(15)10-14(12)17-9-8-16/h6-7,10-11,16H,3,8-9H2,1-2H3. The van der Waals surface area contributed by atoms with Crippen LogP contribution in [0.5, 0.6) is 5.75 Å². The van der Waals surface area contributed by atoms with Crippen molar-refractivity contribution in [3.63, 3.8) is 0 Å². The molecule has 0 aliphatic heterocycles. The molecule has 3 heteroatoms. The van der Waals surface area contributed by atoms with Gasteiger partial charge >= 0.3 is 0 Å². The van der Waals surface area contributed by atoms with Crippen LogP contribution in [-0.4, -0.2) is 18.3 Å². The Labute approximate surface area is 101 Å². The van der Waals surface area contributed by atoms with Crippen molar-refractivity contribution in [3.8, 4) is 17.6 Å².